The van der Waals surface area contributed by atoms with Gasteiger partial charge in [0.05, 0.1) is 40.9 Å². The number of hydrogen-bond donors (Lipinski definition) is 0. The first kappa shape index (κ1) is 40.2. The van der Waals surface area contributed by atoms with Crippen LogP contribution in [0.5, 0.6) is 0 Å². The van der Waals surface area contributed by atoms with Gasteiger partial charge in [0.1, 0.15) is 0 Å². The van der Waals surface area contributed by atoms with E-state index in [1.54, 1.807) is 0 Å². The molecule has 0 unspecified atom stereocenters. The van der Waals surface area contributed by atoms with E-state index in [2.05, 4.69) is 133 Å². The zero-order valence-electron chi connectivity index (χ0n) is 36.2. The number of aromatic nitrogens is 2. The summed E-state index contributed by atoms with van der Waals surface area (Å²) in [5.41, 5.74) is 16.4. The van der Waals surface area contributed by atoms with E-state index in [9.17, 15) is 13.2 Å². The molecule has 2 heterocycles. The molecule has 0 radical (unpaired) electrons. The fourth-order valence-electron chi connectivity index (χ4n) is 10.3. The van der Waals surface area contributed by atoms with Crippen LogP contribution in [0.25, 0.3) is 98.1 Å². The van der Waals surface area contributed by atoms with Crippen molar-refractivity contribution < 1.29 is 13.2 Å². The van der Waals surface area contributed by atoms with Crippen LogP contribution in [0, 0.1) is 54.7 Å². The molecular weight excluding hydrogens is 798 g/mol. The maximum Gasteiger partial charge on any atom is 0.415 e. The molecule has 0 bridgehead atoms. The lowest BCUT2D eigenvalue weighted by Crippen LogP contribution is -2.05. The first-order valence-corrected chi connectivity index (χ1v) is 21.1. The van der Waals surface area contributed by atoms with Crippen LogP contribution in [0.15, 0.2) is 140 Å². The van der Waals surface area contributed by atoms with Crippen LogP contribution in [-0.2, 0) is 6.18 Å². The fraction of sp³-hybridized carbons (Fsp3) is 0.123. The quantitative estimate of drug-likeness (QED) is 0.154. The number of nitrogens with zero attached hydrogens (tertiary/aromatic N) is 4. The Kier molecular flexibility index (Phi) is 9.36. The summed E-state index contributed by atoms with van der Waals surface area (Å²) in [7, 11) is 0. The first-order valence-electron chi connectivity index (χ1n) is 21.1. The average molecular weight is 839 g/mol. The number of halogens is 3. The van der Waals surface area contributed by atoms with Crippen LogP contribution in [0.1, 0.15) is 38.9 Å². The Morgan fingerprint density at radius 3 is 1.34 bits per heavy atom. The highest BCUT2D eigenvalue weighted by Crippen LogP contribution is 2.47. The molecule has 10 aromatic rings. The Morgan fingerprint density at radius 1 is 0.422 bits per heavy atom. The molecule has 0 N–H and O–H groups in total. The lowest BCUT2D eigenvalue weighted by molar-refractivity contribution is -0.137. The van der Waals surface area contributed by atoms with E-state index in [1.807, 2.05) is 48.5 Å². The van der Waals surface area contributed by atoms with E-state index < -0.39 is 11.7 Å². The predicted octanol–water partition coefficient (Wildman–Crippen LogP) is 16.9. The third-order valence-corrected chi connectivity index (χ3v) is 12.7. The highest BCUT2D eigenvalue weighted by atomic mass is 19.4. The zero-order valence-corrected chi connectivity index (χ0v) is 36.2. The van der Waals surface area contributed by atoms with E-state index in [-0.39, 0.29) is 5.69 Å². The Hall–Kier alpha value is -7.87. The maximum absolute atomic E-state index is 14.2. The second-order valence-corrected chi connectivity index (χ2v) is 17.0. The van der Waals surface area contributed by atoms with Crippen LogP contribution in [0.4, 0.5) is 24.5 Å². The molecule has 0 aliphatic heterocycles. The molecule has 0 spiro atoms. The van der Waals surface area contributed by atoms with E-state index >= 15 is 0 Å². The van der Waals surface area contributed by atoms with Crippen molar-refractivity contribution in [2.24, 2.45) is 0 Å². The fourth-order valence-corrected chi connectivity index (χ4v) is 10.3. The largest absolute Gasteiger partial charge is 0.415 e. The number of para-hydroxylation sites is 2. The van der Waals surface area contributed by atoms with Gasteiger partial charge in [0, 0.05) is 32.8 Å². The molecule has 4 nitrogen and oxygen atoms in total. The van der Waals surface area contributed by atoms with Gasteiger partial charge in [0.2, 0.25) is 5.69 Å². The molecule has 310 valence electrons. The summed E-state index contributed by atoms with van der Waals surface area (Å²) < 4.78 is 46.8. The smallest absolute Gasteiger partial charge is 0.319 e. The minimum Gasteiger partial charge on any atom is -0.319 e. The number of hydrogen-bond acceptors (Lipinski definition) is 0. The molecule has 0 aliphatic carbocycles. The molecule has 64 heavy (non-hydrogen) atoms. The van der Waals surface area contributed by atoms with Gasteiger partial charge in [0.15, 0.2) is 5.69 Å². The van der Waals surface area contributed by atoms with E-state index in [0.717, 1.165) is 66.9 Å². The number of rotatable bonds is 5. The molecule has 0 saturated heterocycles. The SMILES string of the molecule is [C-]#[N+]c1cc(C(F)(F)F)ccc1-c1cc(-n2c3ccccc3c3cc(-c4c(C)cc(C)cc4C)ccc32)c([N+]#[C-])cc1-n1c2ccccc2c2cc(-c3c(C)cc(C)cc3C)ccc21. The van der Waals surface area contributed by atoms with Crippen molar-refractivity contribution in [2.75, 3.05) is 0 Å². The Labute approximate surface area is 369 Å². The zero-order chi connectivity index (χ0) is 44.8. The van der Waals surface area contributed by atoms with Crippen molar-refractivity contribution in [1.82, 2.24) is 9.13 Å². The average Bonchev–Trinajstić information content (AvgIpc) is 3.77. The molecule has 2 aromatic heterocycles. The lowest BCUT2D eigenvalue weighted by atomic mass is 9.93. The lowest BCUT2D eigenvalue weighted by Gasteiger charge is -2.20. The second-order valence-electron chi connectivity index (χ2n) is 17.0. The van der Waals surface area contributed by atoms with Gasteiger partial charge in [-0.05, 0) is 152 Å². The molecule has 0 fully saturated rings. The van der Waals surface area contributed by atoms with Crippen molar-refractivity contribution in [1.29, 1.82) is 0 Å². The molecule has 8 aromatic carbocycles. The van der Waals surface area contributed by atoms with E-state index in [4.69, 9.17) is 13.1 Å². The minimum absolute atomic E-state index is 0.137. The third-order valence-electron chi connectivity index (χ3n) is 12.7. The summed E-state index contributed by atoms with van der Waals surface area (Å²) in [6.45, 7) is 29.7. The molecule has 0 amide bonds. The monoisotopic (exact) mass is 838 g/mol. The summed E-state index contributed by atoms with van der Waals surface area (Å²) in [5, 5.41) is 3.97. The van der Waals surface area contributed by atoms with Crippen LogP contribution in [0.3, 0.4) is 0 Å². The van der Waals surface area contributed by atoms with Gasteiger partial charge in [-0.15, -0.1) is 0 Å². The Morgan fingerprint density at radius 2 is 0.875 bits per heavy atom. The van der Waals surface area contributed by atoms with Crippen molar-refractivity contribution >= 4 is 55.0 Å². The summed E-state index contributed by atoms with van der Waals surface area (Å²) in [6, 6.07) is 44.8. The van der Waals surface area contributed by atoms with Crippen LogP contribution >= 0.6 is 0 Å². The normalized spacial score (nSPS) is 11.8. The van der Waals surface area contributed by atoms with Gasteiger partial charge in [-0.2, -0.15) is 13.2 Å². The number of fused-ring (bicyclic) bond motifs is 6. The Balaban J connectivity index is 1.29. The van der Waals surface area contributed by atoms with E-state index in [0.29, 0.717) is 28.2 Å². The Bertz CT molecular complexity index is 3650. The maximum atomic E-state index is 14.2. The molecule has 10 rings (SSSR count). The first-order chi connectivity index (χ1) is 30.7. The van der Waals surface area contributed by atoms with Crippen molar-refractivity contribution in [2.45, 2.75) is 47.7 Å². The van der Waals surface area contributed by atoms with Crippen LogP contribution in [0.2, 0.25) is 0 Å². The second kappa shape index (κ2) is 14.9. The highest BCUT2D eigenvalue weighted by Gasteiger charge is 2.32. The van der Waals surface area contributed by atoms with Crippen LogP contribution in [-0.4, -0.2) is 9.13 Å². The molecule has 0 saturated carbocycles. The summed E-state index contributed by atoms with van der Waals surface area (Å²) >= 11 is 0. The summed E-state index contributed by atoms with van der Waals surface area (Å²) in [6.07, 6.45) is -4.64. The molecule has 0 atom stereocenters. The molecule has 7 heteroatoms. The highest BCUT2D eigenvalue weighted by molar-refractivity contribution is 6.13. The molecule has 0 aliphatic rings. The van der Waals surface area contributed by atoms with Crippen molar-refractivity contribution in [3.63, 3.8) is 0 Å². The van der Waals surface area contributed by atoms with Crippen molar-refractivity contribution in [3.8, 4) is 44.8 Å². The van der Waals surface area contributed by atoms with Gasteiger partial charge >= 0.3 is 6.18 Å². The van der Waals surface area contributed by atoms with E-state index in [1.165, 1.54) is 50.6 Å². The summed E-state index contributed by atoms with van der Waals surface area (Å²) in [4.78, 5) is 7.88. The van der Waals surface area contributed by atoms with Crippen molar-refractivity contribution in [3.05, 3.63) is 201 Å². The van der Waals surface area contributed by atoms with Gasteiger partial charge in [-0.3, -0.25) is 0 Å². The van der Waals surface area contributed by atoms with Gasteiger partial charge in [-0.25, -0.2) is 9.69 Å². The summed E-state index contributed by atoms with van der Waals surface area (Å²) in [5.74, 6) is 0. The van der Waals surface area contributed by atoms with Gasteiger partial charge < -0.3 is 9.13 Å². The minimum atomic E-state index is -4.64. The number of benzene rings is 8. The standard InChI is InChI=1S/C57H41F3N4/c1-32-23-34(3)55(35(4)24-32)38-17-21-51-44(27-38)42-13-9-11-15-49(42)63(51)53-31-48(62-8)54(30-46(53)41-20-19-40(57(58,59)60)29-47(41)61-7)64-50-16-12-10-14-43(50)45-28-39(18-22-52(45)64)56-36(5)25-33(2)26-37(56)6/h9-31H,1-6H3. The van der Waals surface area contributed by atoms with Gasteiger partial charge in [0.25, 0.3) is 0 Å². The topological polar surface area (TPSA) is 18.6 Å². The third kappa shape index (κ3) is 6.35. The number of alkyl halides is 3. The van der Waals surface area contributed by atoms with Gasteiger partial charge in [-0.1, -0.05) is 96.1 Å². The van der Waals surface area contributed by atoms with Crippen LogP contribution < -0.4 is 0 Å². The molecular formula is C57H41F3N4. The number of aryl methyl sites for hydroxylation is 6. The predicted molar refractivity (Wildman–Crippen MR) is 257 cm³/mol.